The number of anilines is 1. The third-order valence-electron chi connectivity index (χ3n) is 4.35. The summed E-state index contributed by atoms with van der Waals surface area (Å²) in [5.74, 6) is -2.12. The molecule has 3 rings (SSSR count). The van der Waals surface area contributed by atoms with Crippen LogP contribution in [-0.4, -0.2) is 34.1 Å². The first-order valence-electron chi connectivity index (χ1n) is 7.81. The molecule has 0 atom stereocenters. The molecule has 1 aliphatic rings. The summed E-state index contributed by atoms with van der Waals surface area (Å²) in [6, 6.07) is 9.22. The summed E-state index contributed by atoms with van der Waals surface area (Å²) in [5.41, 5.74) is 1.65. The molecule has 1 heterocycles. The fourth-order valence-corrected chi connectivity index (χ4v) is 2.83. The van der Waals surface area contributed by atoms with Gasteiger partial charge >= 0.3 is 0 Å². The lowest BCUT2D eigenvalue weighted by atomic mass is 10.1. The molecule has 0 unspecified atom stereocenters. The molecule has 8 nitrogen and oxygen atoms in total. The Morgan fingerprint density at radius 3 is 2.50 bits per heavy atom. The zero-order valence-corrected chi connectivity index (χ0v) is 14.1. The van der Waals surface area contributed by atoms with Crippen molar-refractivity contribution < 1.29 is 19.3 Å². The number of carbonyl (C=O) groups is 3. The first-order valence-corrected chi connectivity index (χ1v) is 7.81. The largest absolute Gasteiger partial charge is 0.324 e. The summed E-state index contributed by atoms with van der Waals surface area (Å²) in [7, 11) is 0. The molecule has 1 N–H and O–H groups in total. The molecule has 0 saturated heterocycles. The molecule has 0 saturated carbocycles. The van der Waals surface area contributed by atoms with Crippen LogP contribution in [0.3, 0.4) is 0 Å². The smallest absolute Gasteiger partial charge is 0.282 e. The first kappa shape index (κ1) is 17.3. The van der Waals surface area contributed by atoms with Crippen LogP contribution in [-0.2, 0) is 4.79 Å². The Bertz CT molecular complexity index is 967. The van der Waals surface area contributed by atoms with Crippen LogP contribution in [0.4, 0.5) is 11.4 Å². The van der Waals surface area contributed by atoms with E-state index in [9.17, 15) is 24.5 Å². The number of rotatable bonds is 4. The minimum absolute atomic E-state index is 0.0660. The van der Waals surface area contributed by atoms with E-state index in [1.54, 1.807) is 12.1 Å². The van der Waals surface area contributed by atoms with Gasteiger partial charge in [0.05, 0.1) is 10.5 Å². The molecule has 0 aliphatic carbocycles. The molecule has 0 fully saturated rings. The highest BCUT2D eigenvalue weighted by Crippen LogP contribution is 2.30. The fourth-order valence-electron chi connectivity index (χ4n) is 2.83. The molecule has 0 radical (unpaired) electrons. The summed E-state index contributed by atoms with van der Waals surface area (Å²) >= 11 is 0. The minimum atomic E-state index is -0.839. The van der Waals surface area contributed by atoms with Gasteiger partial charge in [0, 0.05) is 11.8 Å². The highest BCUT2D eigenvalue weighted by molar-refractivity contribution is 6.24. The van der Waals surface area contributed by atoms with Crippen molar-refractivity contribution >= 4 is 29.1 Å². The zero-order chi connectivity index (χ0) is 19.0. The van der Waals surface area contributed by atoms with E-state index in [0.717, 1.165) is 22.1 Å². The second-order valence-electron chi connectivity index (χ2n) is 5.95. The summed E-state index contributed by atoms with van der Waals surface area (Å²) in [5, 5.41) is 13.8. The van der Waals surface area contributed by atoms with E-state index in [0.29, 0.717) is 5.69 Å². The molecule has 3 amide bonds. The van der Waals surface area contributed by atoms with E-state index in [-0.39, 0.29) is 11.1 Å². The van der Waals surface area contributed by atoms with Crippen molar-refractivity contribution in [3.05, 3.63) is 68.8 Å². The maximum Gasteiger partial charge on any atom is 0.282 e. The molecule has 132 valence electrons. The van der Waals surface area contributed by atoms with Crippen LogP contribution in [0.15, 0.2) is 36.4 Å². The molecular weight excluding hydrogens is 338 g/mol. The van der Waals surface area contributed by atoms with Gasteiger partial charge in [-0.3, -0.25) is 29.4 Å². The van der Waals surface area contributed by atoms with Crippen LogP contribution in [0, 0.1) is 24.0 Å². The summed E-state index contributed by atoms with van der Waals surface area (Å²) in [4.78, 5) is 48.3. The number of nitrogens with one attached hydrogen (secondary N) is 1. The van der Waals surface area contributed by atoms with Crippen molar-refractivity contribution in [1.29, 1.82) is 0 Å². The van der Waals surface area contributed by atoms with Crippen LogP contribution >= 0.6 is 0 Å². The third-order valence-corrected chi connectivity index (χ3v) is 4.35. The average molecular weight is 353 g/mol. The third kappa shape index (κ3) is 2.81. The van der Waals surface area contributed by atoms with Gasteiger partial charge in [0.25, 0.3) is 17.5 Å². The van der Waals surface area contributed by atoms with Crippen LogP contribution in [0.5, 0.6) is 0 Å². The summed E-state index contributed by atoms with van der Waals surface area (Å²) < 4.78 is 0. The lowest BCUT2D eigenvalue weighted by molar-refractivity contribution is -0.385. The van der Waals surface area contributed by atoms with Gasteiger partial charge in [-0.05, 0) is 37.1 Å². The Balaban J connectivity index is 1.83. The average Bonchev–Trinajstić information content (AvgIpc) is 2.84. The number of nitro groups is 1. The maximum absolute atomic E-state index is 12.5. The summed E-state index contributed by atoms with van der Waals surface area (Å²) in [6.07, 6.45) is 0. The minimum Gasteiger partial charge on any atom is -0.324 e. The molecule has 2 aromatic rings. The molecule has 26 heavy (non-hydrogen) atoms. The number of nitro benzene ring substituents is 1. The SMILES string of the molecule is Cc1cccc(NC(=O)CN2C(=O)c3cccc([N+](=O)[O-])c3C2=O)c1C. The molecular formula is C18H15N3O5. The second-order valence-corrected chi connectivity index (χ2v) is 5.95. The standard InChI is InChI=1S/C18H15N3O5/c1-10-5-3-7-13(11(10)2)19-15(22)9-20-17(23)12-6-4-8-14(21(25)26)16(12)18(20)24/h3-8H,9H2,1-2H3,(H,19,22). The van der Waals surface area contributed by atoms with E-state index in [1.165, 1.54) is 12.1 Å². The van der Waals surface area contributed by atoms with E-state index < -0.39 is 34.9 Å². The molecule has 2 aromatic carbocycles. The Morgan fingerprint density at radius 2 is 1.81 bits per heavy atom. The van der Waals surface area contributed by atoms with Gasteiger partial charge in [0.2, 0.25) is 5.91 Å². The lowest BCUT2D eigenvalue weighted by Crippen LogP contribution is -2.37. The molecule has 1 aliphatic heterocycles. The van der Waals surface area contributed by atoms with Gasteiger partial charge in [-0.15, -0.1) is 0 Å². The Labute approximate surface area is 148 Å². The van der Waals surface area contributed by atoms with Crippen molar-refractivity contribution in [2.45, 2.75) is 13.8 Å². The van der Waals surface area contributed by atoms with Crippen LogP contribution < -0.4 is 5.32 Å². The Kier molecular flexibility index (Phi) is 4.25. The van der Waals surface area contributed by atoms with Crippen molar-refractivity contribution in [3.8, 4) is 0 Å². The predicted octanol–water partition coefficient (Wildman–Crippen LogP) is 2.45. The number of nitrogens with zero attached hydrogens (tertiary/aromatic N) is 2. The monoisotopic (exact) mass is 353 g/mol. The number of hydrogen-bond acceptors (Lipinski definition) is 5. The fraction of sp³-hybridized carbons (Fsp3) is 0.167. The topological polar surface area (TPSA) is 110 Å². The van der Waals surface area contributed by atoms with Gasteiger partial charge in [-0.1, -0.05) is 18.2 Å². The maximum atomic E-state index is 12.5. The number of aryl methyl sites for hydroxylation is 1. The van der Waals surface area contributed by atoms with Crippen molar-refractivity contribution in [2.24, 2.45) is 0 Å². The highest BCUT2D eigenvalue weighted by Gasteiger charge is 2.41. The van der Waals surface area contributed by atoms with Gasteiger partial charge in [0.15, 0.2) is 0 Å². The second kappa shape index (κ2) is 6.40. The van der Waals surface area contributed by atoms with Gasteiger partial charge < -0.3 is 5.32 Å². The van der Waals surface area contributed by atoms with E-state index in [1.807, 2.05) is 19.9 Å². The predicted molar refractivity (Wildman–Crippen MR) is 93.0 cm³/mol. The first-order chi connectivity index (χ1) is 12.3. The van der Waals surface area contributed by atoms with Gasteiger partial charge in [0.1, 0.15) is 12.1 Å². The summed E-state index contributed by atoms with van der Waals surface area (Å²) in [6.45, 7) is 3.22. The lowest BCUT2D eigenvalue weighted by Gasteiger charge is -2.15. The molecule has 0 spiro atoms. The number of hydrogen-bond donors (Lipinski definition) is 1. The number of amides is 3. The van der Waals surface area contributed by atoms with Crippen molar-refractivity contribution in [2.75, 3.05) is 11.9 Å². The molecule has 0 aromatic heterocycles. The molecule has 8 heteroatoms. The van der Waals surface area contributed by atoms with Crippen molar-refractivity contribution in [3.63, 3.8) is 0 Å². The molecule has 0 bridgehead atoms. The van der Waals surface area contributed by atoms with Crippen LogP contribution in [0.2, 0.25) is 0 Å². The van der Waals surface area contributed by atoms with Crippen molar-refractivity contribution in [1.82, 2.24) is 4.90 Å². The quantitative estimate of drug-likeness (QED) is 0.516. The Hall–Kier alpha value is -3.55. The van der Waals surface area contributed by atoms with E-state index in [4.69, 9.17) is 0 Å². The Morgan fingerprint density at radius 1 is 1.12 bits per heavy atom. The number of benzene rings is 2. The van der Waals surface area contributed by atoms with Crippen LogP contribution in [0.25, 0.3) is 0 Å². The van der Waals surface area contributed by atoms with Gasteiger partial charge in [-0.2, -0.15) is 0 Å². The number of imide groups is 1. The zero-order valence-electron chi connectivity index (χ0n) is 14.1. The highest BCUT2D eigenvalue weighted by atomic mass is 16.6. The van der Waals surface area contributed by atoms with E-state index in [2.05, 4.69) is 5.32 Å². The van der Waals surface area contributed by atoms with Gasteiger partial charge in [-0.25, -0.2) is 0 Å². The van der Waals surface area contributed by atoms with Crippen LogP contribution in [0.1, 0.15) is 31.8 Å². The van der Waals surface area contributed by atoms with E-state index >= 15 is 0 Å². The normalized spacial score (nSPS) is 12.9. The number of fused-ring (bicyclic) bond motifs is 1. The number of carbonyl (C=O) groups excluding carboxylic acids is 3.